The van der Waals surface area contributed by atoms with E-state index < -0.39 is 0 Å². The molecule has 2 atom stereocenters. The van der Waals surface area contributed by atoms with Gasteiger partial charge in [0.2, 0.25) is 0 Å². The maximum atomic E-state index is 9.33. The van der Waals surface area contributed by atoms with Crippen molar-refractivity contribution in [3.8, 4) is 0 Å². The molecule has 2 aromatic rings. The zero-order valence-corrected chi connectivity index (χ0v) is 13.2. The third-order valence-electron chi connectivity index (χ3n) is 3.88. The number of hydrogen-bond donors (Lipinski definition) is 4. The van der Waals surface area contributed by atoms with Gasteiger partial charge in [-0.2, -0.15) is 5.53 Å². The van der Waals surface area contributed by atoms with Gasteiger partial charge >= 0.3 is 0 Å². The van der Waals surface area contributed by atoms with E-state index in [-0.39, 0.29) is 18.7 Å². The highest BCUT2D eigenvalue weighted by Crippen LogP contribution is 2.20. The van der Waals surface area contributed by atoms with E-state index in [4.69, 9.17) is 0 Å². The Hall–Kier alpha value is -1.28. The van der Waals surface area contributed by atoms with Crippen LogP contribution in [0.3, 0.4) is 0 Å². The number of hydrogen-bond acceptors (Lipinski definition) is 6. The molecule has 1 aromatic carbocycles. The molecule has 1 aliphatic heterocycles. The minimum absolute atomic E-state index is 0.176. The molecule has 0 bridgehead atoms. The van der Waals surface area contributed by atoms with Crippen molar-refractivity contribution in [2.75, 3.05) is 19.7 Å². The fraction of sp³-hybridized carbons (Fsp3) is 0.375. The van der Waals surface area contributed by atoms with E-state index in [1.54, 1.807) is 11.3 Å². The molecule has 1 aliphatic rings. The zero-order chi connectivity index (χ0) is 15.2. The van der Waals surface area contributed by atoms with Crippen LogP contribution in [0.15, 0.2) is 47.8 Å². The zero-order valence-electron chi connectivity index (χ0n) is 12.4. The highest BCUT2D eigenvalue weighted by Gasteiger charge is 2.29. The highest BCUT2D eigenvalue weighted by atomic mass is 32.1. The van der Waals surface area contributed by atoms with E-state index in [0.29, 0.717) is 6.54 Å². The van der Waals surface area contributed by atoms with Crippen LogP contribution in [0.1, 0.15) is 16.5 Å². The third-order valence-corrected chi connectivity index (χ3v) is 4.74. The summed E-state index contributed by atoms with van der Waals surface area (Å²) in [6, 6.07) is 15.1. The van der Waals surface area contributed by atoms with Crippen molar-refractivity contribution in [2.24, 2.45) is 0 Å². The molecule has 4 N–H and O–H groups in total. The Balaban J connectivity index is 1.66. The minimum atomic E-state index is 0.176. The predicted molar refractivity (Wildman–Crippen MR) is 89.1 cm³/mol. The second kappa shape index (κ2) is 7.82. The maximum absolute atomic E-state index is 9.33. The first kappa shape index (κ1) is 15.6. The molecule has 6 heteroatoms. The number of nitrogens with one attached hydrogen (secondary N) is 3. The molecule has 0 spiro atoms. The van der Waals surface area contributed by atoms with Crippen LogP contribution >= 0.6 is 11.3 Å². The Bertz CT molecular complexity index is 549. The predicted octanol–water partition coefficient (Wildman–Crippen LogP) is 1.26. The normalized spacial score (nSPS) is 21.5. The minimum Gasteiger partial charge on any atom is -0.395 e. The summed E-state index contributed by atoms with van der Waals surface area (Å²) in [4.78, 5) is 3.61. The molecule has 2 unspecified atom stereocenters. The second-order valence-corrected chi connectivity index (χ2v) is 6.48. The number of thiophene rings is 1. The second-order valence-electron chi connectivity index (χ2n) is 5.45. The molecule has 0 radical (unpaired) electrons. The van der Waals surface area contributed by atoms with E-state index in [1.165, 1.54) is 10.4 Å². The van der Waals surface area contributed by atoms with Crippen molar-refractivity contribution < 1.29 is 5.11 Å². The number of hydrazine groups is 2. The lowest BCUT2D eigenvalue weighted by Crippen LogP contribution is -2.42. The van der Waals surface area contributed by atoms with Gasteiger partial charge < -0.3 is 5.11 Å². The van der Waals surface area contributed by atoms with Gasteiger partial charge in [-0.25, -0.2) is 10.9 Å². The standard InChI is InChI=1S/C16H22N4OS/c21-9-8-20(11-14-7-4-10-22-14)12-15-16(18-19-17-15)13-5-2-1-3-6-13/h1-7,10,15-19,21H,8-9,11-12H2. The highest BCUT2D eigenvalue weighted by molar-refractivity contribution is 7.09. The molecular weight excluding hydrogens is 296 g/mol. The van der Waals surface area contributed by atoms with Gasteiger partial charge in [-0.15, -0.1) is 11.3 Å². The van der Waals surface area contributed by atoms with Crippen molar-refractivity contribution in [3.05, 3.63) is 58.3 Å². The van der Waals surface area contributed by atoms with E-state index in [1.807, 2.05) is 6.07 Å². The monoisotopic (exact) mass is 318 g/mol. The van der Waals surface area contributed by atoms with Crippen LogP contribution in [0.4, 0.5) is 0 Å². The molecule has 22 heavy (non-hydrogen) atoms. The van der Waals surface area contributed by atoms with Crippen molar-refractivity contribution >= 4 is 11.3 Å². The molecule has 0 aliphatic carbocycles. The Morgan fingerprint density at radius 2 is 1.95 bits per heavy atom. The van der Waals surface area contributed by atoms with Crippen LogP contribution < -0.4 is 16.4 Å². The molecule has 2 heterocycles. The summed E-state index contributed by atoms with van der Waals surface area (Å²) in [6.07, 6.45) is 0. The number of nitrogens with zero attached hydrogens (tertiary/aromatic N) is 1. The van der Waals surface area contributed by atoms with Gasteiger partial charge in [-0.1, -0.05) is 36.4 Å². The average molecular weight is 318 g/mol. The summed E-state index contributed by atoms with van der Waals surface area (Å²) in [5.41, 5.74) is 10.9. The lowest BCUT2D eigenvalue weighted by Gasteiger charge is -2.27. The lowest BCUT2D eigenvalue weighted by molar-refractivity contribution is 0.176. The van der Waals surface area contributed by atoms with E-state index >= 15 is 0 Å². The first-order valence-electron chi connectivity index (χ1n) is 7.53. The van der Waals surface area contributed by atoms with Crippen LogP contribution in [-0.2, 0) is 6.54 Å². The first-order valence-corrected chi connectivity index (χ1v) is 8.41. The summed E-state index contributed by atoms with van der Waals surface area (Å²) >= 11 is 1.76. The van der Waals surface area contributed by atoms with E-state index in [9.17, 15) is 5.11 Å². The molecule has 0 amide bonds. The van der Waals surface area contributed by atoms with Gasteiger partial charge in [-0.05, 0) is 17.0 Å². The molecule has 0 saturated carbocycles. The Morgan fingerprint density at radius 3 is 2.68 bits per heavy atom. The molecule has 1 saturated heterocycles. The molecule has 118 valence electrons. The van der Waals surface area contributed by atoms with Crippen molar-refractivity contribution in [2.45, 2.75) is 18.6 Å². The summed E-state index contributed by atoms with van der Waals surface area (Å²) in [7, 11) is 0. The van der Waals surface area contributed by atoms with Crippen LogP contribution in [0.5, 0.6) is 0 Å². The molecule has 1 fully saturated rings. The average Bonchev–Trinajstić information content (AvgIpc) is 3.20. The van der Waals surface area contributed by atoms with Crippen molar-refractivity contribution in [1.82, 2.24) is 21.3 Å². The summed E-state index contributed by atoms with van der Waals surface area (Å²) in [5, 5.41) is 11.4. The largest absolute Gasteiger partial charge is 0.395 e. The van der Waals surface area contributed by atoms with E-state index in [0.717, 1.165) is 13.1 Å². The van der Waals surface area contributed by atoms with Crippen LogP contribution in [0.25, 0.3) is 0 Å². The SMILES string of the molecule is OCCN(Cc1cccs1)CC1NNNC1c1ccccc1. The lowest BCUT2D eigenvalue weighted by atomic mass is 10.0. The number of aliphatic hydroxyl groups excluding tert-OH is 1. The van der Waals surface area contributed by atoms with Crippen molar-refractivity contribution in [3.63, 3.8) is 0 Å². The van der Waals surface area contributed by atoms with E-state index in [2.05, 4.69) is 63.1 Å². The Morgan fingerprint density at radius 1 is 1.09 bits per heavy atom. The summed E-state index contributed by atoms with van der Waals surface area (Å²) in [6.45, 7) is 2.59. The Labute approximate surface area is 134 Å². The smallest absolute Gasteiger partial charge is 0.0655 e. The van der Waals surface area contributed by atoms with Gasteiger partial charge in [0, 0.05) is 24.5 Å². The van der Waals surface area contributed by atoms with Crippen molar-refractivity contribution in [1.29, 1.82) is 0 Å². The number of aliphatic hydroxyl groups is 1. The quantitative estimate of drug-likeness (QED) is 0.619. The van der Waals surface area contributed by atoms with Crippen LogP contribution in [0, 0.1) is 0 Å². The third kappa shape index (κ3) is 3.92. The van der Waals surface area contributed by atoms with Gasteiger partial charge in [-0.3, -0.25) is 4.90 Å². The fourth-order valence-electron chi connectivity index (χ4n) is 2.80. The van der Waals surface area contributed by atoms with Crippen LogP contribution in [-0.4, -0.2) is 35.7 Å². The topological polar surface area (TPSA) is 59.6 Å². The number of benzene rings is 1. The van der Waals surface area contributed by atoms with Gasteiger partial charge in [0.05, 0.1) is 18.7 Å². The summed E-state index contributed by atoms with van der Waals surface area (Å²) in [5.74, 6) is 0. The molecule has 1 aromatic heterocycles. The number of rotatable bonds is 7. The molecular formula is C16H22N4OS. The Kier molecular flexibility index (Phi) is 5.55. The van der Waals surface area contributed by atoms with Gasteiger partial charge in [0.15, 0.2) is 0 Å². The molecule has 3 rings (SSSR count). The first-order chi connectivity index (χ1) is 10.9. The van der Waals surface area contributed by atoms with Gasteiger partial charge in [0.1, 0.15) is 0 Å². The summed E-state index contributed by atoms with van der Waals surface area (Å²) < 4.78 is 0. The van der Waals surface area contributed by atoms with Gasteiger partial charge in [0.25, 0.3) is 0 Å². The molecule has 5 nitrogen and oxygen atoms in total. The fourth-order valence-corrected chi connectivity index (χ4v) is 3.55. The van der Waals surface area contributed by atoms with Crippen LogP contribution in [0.2, 0.25) is 0 Å². The maximum Gasteiger partial charge on any atom is 0.0655 e.